The summed E-state index contributed by atoms with van der Waals surface area (Å²) in [5, 5.41) is 23.2. The largest absolute Gasteiger partial charge is 0.472 e. The van der Waals surface area contributed by atoms with Crippen LogP contribution in [0.25, 0.3) is 0 Å². The van der Waals surface area contributed by atoms with E-state index >= 15 is 0 Å². The van der Waals surface area contributed by atoms with E-state index in [0.717, 1.165) is 0 Å². The number of hydrogen-bond acceptors (Lipinski definition) is 8. The molecule has 0 spiro atoms. The Bertz CT molecular complexity index is 1080. The molecule has 1 aromatic rings. The fourth-order valence-corrected chi connectivity index (χ4v) is 7.03. The van der Waals surface area contributed by atoms with Crippen molar-refractivity contribution in [2.24, 2.45) is 28.1 Å². The van der Waals surface area contributed by atoms with Gasteiger partial charge in [-0.25, -0.2) is 4.79 Å². The SMILES string of the molecule is C=C1[C@H]([C@@]2(C)C=CC(=O)C(C)(C)[C@@H]2[C@H](O)C(=O)OC)CC[C@@]2(C)[C@H](c3ccoc3)OC(=O)C[C@]12O. The quantitative estimate of drug-likeness (QED) is 0.491. The van der Waals surface area contributed by atoms with Gasteiger partial charge in [0.05, 0.1) is 26.1 Å². The molecule has 1 aromatic heterocycles. The number of aliphatic hydroxyl groups excluding tert-OH is 1. The molecule has 2 N–H and O–H groups in total. The number of ether oxygens (including phenoxy) is 2. The van der Waals surface area contributed by atoms with Gasteiger partial charge in [0.2, 0.25) is 0 Å². The summed E-state index contributed by atoms with van der Waals surface area (Å²) in [4.78, 5) is 38.0. The van der Waals surface area contributed by atoms with Crippen LogP contribution in [0.1, 0.15) is 58.6 Å². The summed E-state index contributed by atoms with van der Waals surface area (Å²) >= 11 is 0. The van der Waals surface area contributed by atoms with Gasteiger partial charge in [-0.05, 0) is 41.9 Å². The lowest BCUT2D eigenvalue weighted by molar-refractivity contribution is -0.216. The highest BCUT2D eigenvalue weighted by Crippen LogP contribution is 2.65. The lowest BCUT2D eigenvalue weighted by Gasteiger charge is -2.61. The Kier molecular flexibility index (Phi) is 5.92. The van der Waals surface area contributed by atoms with E-state index in [-0.39, 0.29) is 12.2 Å². The van der Waals surface area contributed by atoms with E-state index in [4.69, 9.17) is 13.9 Å². The number of ketones is 1. The molecule has 2 aliphatic carbocycles. The molecule has 35 heavy (non-hydrogen) atoms. The van der Waals surface area contributed by atoms with Gasteiger partial charge in [-0.3, -0.25) is 9.59 Å². The fourth-order valence-electron chi connectivity index (χ4n) is 7.03. The highest BCUT2D eigenvalue weighted by Gasteiger charge is 2.66. The third-order valence-electron chi connectivity index (χ3n) is 9.11. The minimum atomic E-state index is -1.61. The Morgan fingerprint density at radius 3 is 2.54 bits per heavy atom. The van der Waals surface area contributed by atoms with E-state index in [0.29, 0.717) is 24.0 Å². The molecule has 0 unspecified atom stereocenters. The van der Waals surface area contributed by atoms with Crippen molar-refractivity contribution >= 4 is 17.7 Å². The molecule has 2 fully saturated rings. The maximum Gasteiger partial charge on any atom is 0.335 e. The number of allylic oxidation sites excluding steroid dienone is 2. The molecule has 0 bridgehead atoms. The molecule has 1 saturated carbocycles. The van der Waals surface area contributed by atoms with E-state index in [2.05, 4.69) is 6.58 Å². The van der Waals surface area contributed by atoms with E-state index in [9.17, 15) is 24.6 Å². The van der Waals surface area contributed by atoms with Crippen molar-refractivity contribution < 1.29 is 38.5 Å². The highest BCUT2D eigenvalue weighted by atomic mass is 16.6. The Labute approximate surface area is 205 Å². The van der Waals surface area contributed by atoms with Gasteiger partial charge in [-0.15, -0.1) is 0 Å². The molecule has 1 aliphatic heterocycles. The van der Waals surface area contributed by atoms with Gasteiger partial charge in [0.15, 0.2) is 11.9 Å². The molecule has 4 rings (SSSR count). The molecule has 2 heterocycles. The third kappa shape index (κ3) is 3.44. The lowest BCUT2D eigenvalue weighted by Crippen LogP contribution is -2.63. The van der Waals surface area contributed by atoms with E-state index in [1.165, 1.54) is 25.7 Å². The van der Waals surface area contributed by atoms with E-state index in [1.54, 1.807) is 26.0 Å². The van der Waals surface area contributed by atoms with Crippen molar-refractivity contribution in [3.05, 3.63) is 48.5 Å². The molecule has 8 nitrogen and oxygen atoms in total. The minimum absolute atomic E-state index is 0.214. The molecule has 0 aromatic carbocycles. The van der Waals surface area contributed by atoms with Gasteiger partial charge in [0.1, 0.15) is 11.7 Å². The summed E-state index contributed by atoms with van der Waals surface area (Å²) < 4.78 is 15.8. The summed E-state index contributed by atoms with van der Waals surface area (Å²) in [7, 11) is 1.19. The van der Waals surface area contributed by atoms with Crippen LogP contribution in [0, 0.1) is 28.1 Å². The van der Waals surface area contributed by atoms with Crippen molar-refractivity contribution in [1.82, 2.24) is 0 Å². The number of fused-ring (bicyclic) bond motifs is 1. The van der Waals surface area contributed by atoms with Crippen LogP contribution in [0.2, 0.25) is 0 Å². The van der Waals surface area contributed by atoms with Gasteiger partial charge in [-0.2, -0.15) is 0 Å². The zero-order chi connectivity index (χ0) is 26.0. The van der Waals surface area contributed by atoms with Crippen molar-refractivity contribution in [1.29, 1.82) is 0 Å². The Morgan fingerprint density at radius 2 is 1.94 bits per heavy atom. The van der Waals surface area contributed by atoms with Gasteiger partial charge >= 0.3 is 11.9 Å². The number of carbonyl (C=O) groups excluding carboxylic acids is 3. The number of hydrogen-bond donors (Lipinski definition) is 2. The molecule has 3 aliphatic rings. The molecular formula is C27H34O8. The molecule has 190 valence electrons. The molecule has 0 radical (unpaired) electrons. The number of cyclic esters (lactones) is 1. The molecule has 0 amide bonds. The van der Waals surface area contributed by atoms with Gasteiger partial charge < -0.3 is 24.1 Å². The first-order chi connectivity index (χ1) is 16.2. The summed E-state index contributed by atoms with van der Waals surface area (Å²) in [5.41, 5.74) is -3.45. The van der Waals surface area contributed by atoms with E-state index in [1.807, 2.05) is 13.8 Å². The number of methoxy groups -OCH3 is 1. The second-order valence-corrected chi connectivity index (χ2v) is 11.2. The zero-order valence-electron chi connectivity index (χ0n) is 20.9. The van der Waals surface area contributed by atoms with Crippen LogP contribution >= 0.6 is 0 Å². The molecular weight excluding hydrogens is 452 g/mol. The Balaban J connectivity index is 1.81. The predicted octanol–water partition coefficient (Wildman–Crippen LogP) is 3.29. The van der Waals surface area contributed by atoms with Crippen molar-refractivity contribution in [3.63, 3.8) is 0 Å². The van der Waals surface area contributed by atoms with Gasteiger partial charge in [0.25, 0.3) is 0 Å². The van der Waals surface area contributed by atoms with Crippen LogP contribution in [-0.4, -0.2) is 46.7 Å². The number of carbonyl (C=O) groups is 3. The smallest absolute Gasteiger partial charge is 0.335 e. The van der Waals surface area contributed by atoms with Crippen LogP contribution in [0.3, 0.4) is 0 Å². The standard InChI is InChI=1S/C27H34O8/c1-15-17(25(4)10-8-18(28)24(2,3)21(25)20(30)23(31)33-6)7-11-26(5)22(16-9-12-34-14-16)35-19(29)13-27(15,26)32/h8-10,12,14,17,20-22,30,32H,1,7,11,13H2,2-6H3/t17-,20+,21+,22+,25-,26+,27+/m1/s1. The van der Waals surface area contributed by atoms with Crippen molar-refractivity contribution in [2.45, 2.75) is 64.8 Å². The zero-order valence-corrected chi connectivity index (χ0v) is 20.9. The maximum absolute atomic E-state index is 12.9. The topological polar surface area (TPSA) is 123 Å². The second-order valence-electron chi connectivity index (χ2n) is 11.2. The first kappa shape index (κ1) is 25.4. The summed E-state index contributed by atoms with van der Waals surface area (Å²) in [5.74, 6) is -2.89. The first-order valence-electron chi connectivity index (χ1n) is 11.9. The molecule has 1 saturated heterocycles. The van der Waals surface area contributed by atoms with E-state index < -0.39 is 57.8 Å². The monoisotopic (exact) mass is 486 g/mol. The summed E-state index contributed by atoms with van der Waals surface area (Å²) in [6.07, 6.45) is 4.63. The minimum Gasteiger partial charge on any atom is -0.472 e. The molecule has 8 heteroatoms. The summed E-state index contributed by atoms with van der Waals surface area (Å²) in [6, 6.07) is 1.71. The van der Waals surface area contributed by atoms with Gasteiger partial charge in [0, 0.05) is 22.3 Å². The Morgan fingerprint density at radius 1 is 1.26 bits per heavy atom. The van der Waals surface area contributed by atoms with Crippen molar-refractivity contribution in [3.8, 4) is 0 Å². The first-order valence-corrected chi connectivity index (χ1v) is 11.9. The van der Waals surface area contributed by atoms with Crippen LogP contribution in [0.4, 0.5) is 0 Å². The van der Waals surface area contributed by atoms with Crippen LogP contribution in [0.15, 0.2) is 47.3 Å². The number of furan rings is 1. The maximum atomic E-state index is 12.9. The fraction of sp³-hybridized carbons (Fsp3) is 0.593. The second kappa shape index (κ2) is 8.17. The third-order valence-corrected chi connectivity index (χ3v) is 9.11. The normalized spacial score (nSPS) is 39.5. The van der Waals surface area contributed by atoms with Crippen LogP contribution < -0.4 is 0 Å². The predicted molar refractivity (Wildman–Crippen MR) is 125 cm³/mol. The van der Waals surface area contributed by atoms with Crippen LogP contribution in [-0.2, 0) is 23.9 Å². The number of esters is 2. The average Bonchev–Trinajstić information content (AvgIpc) is 3.32. The Hall–Kier alpha value is -2.71. The average molecular weight is 487 g/mol. The highest BCUT2D eigenvalue weighted by molar-refractivity contribution is 5.96. The number of rotatable bonds is 4. The van der Waals surface area contributed by atoms with Gasteiger partial charge in [-0.1, -0.05) is 40.3 Å². The molecule has 7 atom stereocenters. The van der Waals surface area contributed by atoms with Crippen LogP contribution in [0.5, 0.6) is 0 Å². The lowest BCUT2D eigenvalue weighted by atomic mass is 9.45. The number of aliphatic hydroxyl groups is 2. The summed E-state index contributed by atoms with van der Waals surface area (Å²) in [6.45, 7) is 11.4. The van der Waals surface area contributed by atoms with Crippen molar-refractivity contribution in [2.75, 3.05) is 7.11 Å².